The molecule has 0 aromatic heterocycles. The Hall–Kier alpha value is -2.17. The molecule has 0 saturated heterocycles. The second-order valence-corrected chi connectivity index (χ2v) is 5.80. The minimum absolute atomic E-state index is 0.0114. The second kappa shape index (κ2) is 9.08. The van der Waals surface area contributed by atoms with E-state index in [4.69, 9.17) is 0 Å². The van der Waals surface area contributed by atoms with Crippen LogP contribution >= 0.6 is 0 Å². The summed E-state index contributed by atoms with van der Waals surface area (Å²) in [6.07, 6.45) is 0.441. The zero-order valence-corrected chi connectivity index (χ0v) is 13.6. The van der Waals surface area contributed by atoms with Crippen LogP contribution < -0.4 is 10.2 Å². The Balaban J connectivity index is 1.83. The lowest BCUT2D eigenvalue weighted by molar-refractivity contribution is -0.913. The molecule has 2 aromatic carbocycles. The first-order valence-corrected chi connectivity index (χ1v) is 8.02. The molecule has 0 saturated carbocycles. The fourth-order valence-electron chi connectivity index (χ4n) is 2.50. The maximum atomic E-state index is 12.1. The van der Waals surface area contributed by atoms with Crippen molar-refractivity contribution < 1.29 is 14.8 Å². The Morgan fingerprint density at radius 1 is 1.04 bits per heavy atom. The summed E-state index contributed by atoms with van der Waals surface area (Å²) in [6, 6.07) is 17.9. The highest BCUT2D eigenvalue weighted by atomic mass is 16.3. The normalized spacial score (nSPS) is 11.9. The van der Waals surface area contributed by atoms with Crippen molar-refractivity contribution in [3.63, 3.8) is 0 Å². The van der Waals surface area contributed by atoms with Crippen molar-refractivity contribution in [2.24, 2.45) is 0 Å². The summed E-state index contributed by atoms with van der Waals surface area (Å²) in [5.41, 5.74) is 3.21. The van der Waals surface area contributed by atoms with Crippen LogP contribution in [0.15, 0.2) is 54.6 Å². The average molecular weight is 313 g/mol. The fourth-order valence-corrected chi connectivity index (χ4v) is 2.50. The summed E-state index contributed by atoms with van der Waals surface area (Å²) in [5, 5.41) is 12.1. The molecule has 2 aromatic rings. The van der Waals surface area contributed by atoms with Crippen LogP contribution in [0.4, 0.5) is 5.69 Å². The molecule has 0 spiro atoms. The highest BCUT2D eigenvalue weighted by Crippen LogP contribution is 2.08. The first kappa shape index (κ1) is 17.2. The molecule has 4 heteroatoms. The van der Waals surface area contributed by atoms with Crippen molar-refractivity contribution in [3.05, 3.63) is 65.7 Å². The molecule has 0 bridgehead atoms. The van der Waals surface area contributed by atoms with Crippen molar-refractivity contribution in [2.45, 2.75) is 19.9 Å². The predicted octanol–water partition coefficient (Wildman–Crippen LogP) is 1.40. The van der Waals surface area contributed by atoms with Gasteiger partial charge in [-0.05, 0) is 19.1 Å². The van der Waals surface area contributed by atoms with Gasteiger partial charge in [-0.2, -0.15) is 0 Å². The minimum atomic E-state index is 0.0114. The monoisotopic (exact) mass is 313 g/mol. The number of hydrogen-bond donors (Lipinski definition) is 3. The second-order valence-electron chi connectivity index (χ2n) is 5.80. The predicted molar refractivity (Wildman–Crippen MR) is 92.4 cm³/mol. The first-order valence-electron chi connectivity index (χ1n) is 8.02. The van der Waals surface area contributed by atoms with E-state index in [0.717, 1.165) is 12.2 Å². The lowest BCUT2D eigenvalue weighted by Gasteiger charge is -2.18. The first-order chi connectivity index (χ1) is 11.2. The average Bonchev–Trinajstić information content (AvgIpc) is 2.56. The highest BCUT2D eigenvalue weighted by Gasteiger charge is 2.12. The van der Waals surface area contributed by atoms with E-state index in [-0.39, 0.29) is 12.5 Å². The van der Waals surface area contributed by atoms with E-state index in [1.54, 1.807) is 0 Å². The summed E-state index contributed by atoms with van der Waals surface area (Å²) in [4.78, 5) is 13.3. The van der Waals surface area contributed by atoms with Gasteiger partial charge in [-0.25, -0.2) is 0 Å². The topological polar surface area (TPSA) is 53.8 Å². The summed E-state index contributed by atoms with van der Waals surface area (Å²) in [5.74, 6) is 0.0114. The molecule has 1 amide bonds. The molecule has 1 atom stereocenters. The number of quaternary nitrogens is 1. The van der Waals surface area contributed by atoms with Crippen molar-refractivity contribution >= 4 is 11.6 Å². The van der Waals surface area contributed by atoms with Gasteiger partial charge in [0, 0.05) is 11.3 Å². The molecule has 0 aliphatic heterocycles. The van der Waals surface area contributed by atoms with Crippen LogP contribution in [0.1, 0.15) is 17.5 Å². The van der Waals surface area contributed by atoms with Crippen LogP contribution in [0.3, 0.4) is 0 Å². The van der Waals surface area contributed by atoms with Crippen molar-refractivity contribution in [3.8, 4) is 0 Å². The highest BCUT2D eigenvalue weighted by molar-refractivity contribution is 5.90. The molecule has 0 aliphatic carbocycles. The van der Waals surface area contributed by atoms with Crippen LogP contribution in [0.25, 0.3) is 0 Å². The van der Waals surface area contributed by atoms with Crippen molar-refractivity contribution in [1.82, 2.24) is 0 Å². The van der Waals surface area contributed by atoms with Crippen molar-refractivity contribution in [1.29, 1.82) is 0 Å². The maximum absolute atomic E-state index is 12.1. The molecule has 122 valence electrons. The number of amides is 1. The van der Waals surface area contributed by atoms with E-state index >= 15 is 0 Å². The Kier molecular flexibility index (Phi) is 6.78. The Morgan fingerprint density at radius 3 is 2.39 bits per heavy atom. The SMILES string of the molecule is Cc1ccc(NC(=O)CC[NH+](CCO)Cc2ccccc2)cc1. The summed E-state index contributed by atoms with van der Waals surface area (Å²) >= 11 is 0. The van der Waals surface area contributed by atoms with Gasteiger partial charge in [0.2, 0.25) is 5.91 Å². The number of nitrogens with one attached hydrogen (secondary N) is 2. The van der Waals surface area contributed by atoms with E-state index in [1.807, 2.05) is 49.4 Å². The zero-order chi connectivity index (χ0) is 16.5. The molecule has 4 nitrogen and oxygen atoms in total. The van der Waals surface area contributed by atoms with Gasteiger partial charge >= 0.3 is 0 Å². The van der Waals surface area contributed by atoms with Gasteiger partial charge in [-0.3, -0.25) is 4.79 Å². The number of aliphatic hydroxyl groups excluding tert-OH is 1. The Labute approximate surface area is 137 Å². The molecule has 3 N–H and O–H groups in total. The van der Waals surface area contributed by atoms with Gasteiger partial charge < -0.3 is 15.3 Å². The van der Waals surface area contributed by atoms with E-state index < -0.39 is 0 Å². The van der Waals surface area contributed by atoms with Crippen LogP contribution in [-0.4, -0.2) is 30.7 Å². The summed E-state index contributed by atoms with van der Waals surface area (Å²) < 4.78 is 0. The van der Waals surface area contributed by atoms with E-state index in [9.17, 15) is 9.90 Å². The number of aryl methyl sites for hydroxylation is 1. The number of carbonyl (C=O) groups excluding carboxylic acids is 1. The standard InChI is InChI=1S/C19H24N2O2/c1-16-7-9-18(10-8-16)20-19(23)11-12-21(13-14-22)15-17-5-3-2-4-6-17/h2-10,22H,11-15H2,1H3,(H,20,23)/p+1. The molecule has 2 rings (SSSR count). The lowest BCUT2D eigenvalue weighted by Crippen LogP contribution is -3.11. The minimum Gasteiger partial charge on any atom is -0.391 e. The van der Waals surface area contributed by atoms with Gasteiger partial charge in [-0.15, -0.1) is 0 Å². The Morgan fingerprint density at radius 2 is 1.74 bits per heavy atom. The number of anilines is 1. The third-order valence-electron chi connectivity index (χ3n) is 3.80. The number of benzene rings is 2. The molecule has 0 aliphatic rings. The third-order valence-corrected chi connectivity index (χ3v) is 3.80. The van der Waals surface area contributed by atoms with Gasteiger partial charge in [0.1, 0.15) is 13.1 Å². The van der Waals surface area contributed by atoms with Crippen LogP contribution in [-0.2, 0) is 11.3 Å². The van der Waals surface area contributed by atoms with Gasteiger partial charge in [-0.1, -0.05) is 48.0 Å². The molecule has 1 unspecified atom stereocenters. The lowest BCUT2D eigenvalue weighted by atomic mass is 10.2. The number of carbonyl (C=O) groups is 1. The largest absolute Gasteiger partial charge is 0.391 e. The maximum Gasteiger partial charge on any atom is 0.230 e. The zero-order valence-electron chi connectivity index (χ0n) is 13.6. The number of hydrogen-bond acceptors (Lipinski definition) is 2. The summed E-state index contributed by atoms with van der Waals surface area (Å²) in [7, 11) is 0. The smallest absolute Gasteiger partial charge is 0.230 e. The molecular formula is C19H25N2O2+. The third kappa shape index (κ3) is 6.22. The Bertz CT molecular complexity index is 597. The van der Waals surface area contributed by atoms with Crippen LogP contribution in [0, 0.1) is 6.92 Å². The van der Waals surface area contributed by atoms with Crippen LogP contribution in [0.5, 0.6) is 0 Å². The molecule has 0 heterocycles. The van der Waals surface area contributed by atoms with Crippen LogP contribution in [0.2, 0.25) is 0 Å². The van der Waals surface area contributed by atoms with Crippen molar-refractivity contribution in [2.75, 3.05) is 25.0 Å². The molecule has 0 radical (unpaired) electrons. The fraction of sp³-hybridized carbons (Fsp3) is 0.316. The number of rotatable bonds is 8. The van der Waals surface area contributed by atoms with Gasteiger partial charge in [0.15, 0.2) is 0 Å². The summed E-state index contributed by atoms with van der Waals surface area (Å²) in [6.45, 7) is 4.31. The van der Waals surface area contributed by atoms with E-state index in [2.05, 4.69) is 17.4 Å². The molecular weight excluding hydrogens is 288 g/mol. The van der Waals surface area contributed by atoms with Gasteiger partial charge in [0.25, 0.3) is 0 Å². The quantitative estimate of drug-likeness (QED) is 0.690. The number of aliphatic hydroxyl groups is 1. The van der Waals surface area contributed by atoms with E-state index in [1.165, 1.54) is 16.0 Å². The van der Waals surface area contributed by atoms with Gasteiger partial charge in [0.05, 0.1) is 19.6 Å². The molecule has 23 heavy (non-hydrogen) atoms. The van der Waals surface area contributed by atoms with E-state index in [0.29, 0.717) is 19.5 Å². The molecule has 0 fully saturated rings.